The van der Waals surface area contributed by atoms with Crippen molar-refractivity contribution < 1.29 is 4.79 Å². The Hall–Kier alpha value is -1.55. The van der Waals surface area contributed by atoms with Gasteiger partial charge in [0.2, 0.25) is 5.91 Å². The molecular weight excluding hydrogens is 226 g/mol. The van der Waals surface area contributed by atoms with E-state index in [2.05, 4.69) is 12.2 Å². The Morgan fingerprint density at radius 2 is 2.22 bits per heavy atom. The third kappa shape index (κ3) is 4.75. The van der Waals surface area contributed by atoms with Gasteiger partial charge in [0.05, 0.1) is 6.54 Å². The first kappa shape index (κ1) is 14.5. The summed E-state index contributed by atoms with van der Waals surface area (Å²) < 4.78 is 0. The maximum absolute atomic E-state index is 11.7. The number of nitrogens with two attached hydrogens (primary N) is 1. The van der Waals surface area contributed by atoms with Gasteiger partial charge in [0.15, 0.2) is 0 Å². The summed E-state index contributed by atoms with van der Waals surface area (Å²) in [5.74, 6) is 0.0594. The molecular formula is C14H23N3O. The lowest BCUT2D eigenvalue weighted by Crippen LogP contribution is -2.35. The van der Waals surface area contributed by atoms with Gasteiger partial charge in [0.1, 0.15) is 0 Å². The molecule has 0 fully saturated rings. The van der Waals surface area contributed by atoms with E-state index in [1.54, 1.807) is 0 Å². The Morgan fingerprint density at radius 1 is 1.44 bits per heavy atom. The molecule has 0 aliphatic rings. The van der Waals surface area contributed by atoms with E-state index in [9.17, 15) is 4.79 Å². The average molecular weight is 249 g/mol. The first-order valence-corrected chi connectivity index (χ1v) is 6.44. The number of carbonyl (C=O) groups excluding carboxylic acids is 1. The zero-order valence-electron chi connectivity index (χ0n) is 11.3. The van der Waals surface area contributed by atoms with Gasteiger partial charge in [0, 0.05) is 25.8 Å². The lowest BCUT2D eigenvalue weighted by molar-refractivity contribution is -0.119. The van der Waals surface area contributed by atoms with Crippen molar-refractivity contribution in [3.05, 3.63) is 29.8 Å². The smallest absolute Gasteiger partial charge is 0.239 e. The van der Waals surface area contributed by atoms with E-state index in [4.69, 9.17) is 5.73 Å². The molecule has 4 nitrogen and oxygen atoms in total. The van der Waals surface area contributed by atoms with Crippen molar-refractivity contribution in [3.8, 4) is 0 Å². The number of amides is 1. The SMILES string of the molecule is CCCCNC(=O)CN(C)c1cccc(CN)c1. The largest absolute Gasteiger partial charge is 0.365 e. The van der Waals surface area contributed by atoms with Crippen LogP contribution in [0.3, 0.4) is 0 Å². The van der Waals surface area contributed by atoms with Crippen molar-refractivity contribution >= 4 is 11.6 Å². The second-order valence-electron chi connectivity index (χ2n) is 4.43. The molecule has 0 saturated heterocycles. The molecule has 0 aliphatic carbocycles. The molecule has 4 heteroatoms. The maximum atomic E-state index is 11.7. The molecule has 1 aromatic carbocycles. The molecule has 0 atom stereocenters. The highest BCUT2D eigenvalue weighted by atomic mass is 16.2. The minimum absolute atomic E-state index is 0.0594. The Labute approximate surface area is 109 Å². The summed E-state index contributed by atoms with van der Waals surface area (Å²) in [6.07, 6.45) is 2.12. The molecule has 0 aliphatic heterocycles. The van der Waals surface area contributed by atoms with E-state index in [0.717, 1.165) is 30.6 Å². The fraction of sp³-hybridized carbons (Fsp3) is 0.500. The zero-order valence-corrected chi connectivity index (χ0v) is 11.3. The summed E-state index contributed by atoms with van der Waals surface area (Å²) in [7, 11) is 1.91. The van der Waals surface area contributed by atoms with Gasteiger partial charge in [-0.05, 0) is 24.1 Å². The number of hydrogen-bond acceptors (Lipinski definition) is 3. The van der Waals surface area contributed by atoms with Crippen LogP contribution < -0.4 is 16.0 Å². The molecule has 0 bridgehead atoms. The summed E-state index contributed by atoms with van der Waals surface area (Å²) in [6, 6.07) is 7.94. The first-order valence-electron chi connectivity index (χ1n) is 6.44. The number of carbonyl (C=O) groups is 1. The summed E-state index contributed by atoms with van der Waals surface area (Å²) >= 11 is 0. The van der Waals surface area contributed by atoms with Crippen LogP contribution >= 0.6 is 0 Å². The number of rotatable bonds is 7. The van der Waals surface area contributed by atoms with Gasteiger partial charge in [-0.1, -0.05) is 25.5 Å². The van der Waals surface area contributed by atoms with Crippen molar-refractivity contribution in [2.24, 2.45) is 5.73 Å². The van der Waals surface area contributed by atoms with Crippen molar-refractivity contribution in [1.82, 2.24) is 5.32 Å². The molecule has 0 spiro atoms. The van der Waals surface area contributed by atoms with Crippen LogP contribution in [0.5, 0.6) is 0 Å². The molecule has 1 aromatic rings. The maximum Gasteiger partial charge on any atom is 0.239 e. The number of nitrogens with zero attached hydrogens (tertiary/aromatic N) is 1. The lowest BCUT2D eigenvalue weighted by atomic mass is 10.2. The highest BCUT2D eigenvalue weighted by molar-refractivity contribution is 5.81. The van der Waals surface area contributed by atoms with Gasteiger partial charge in [-0.3, -0.25) is 4.79 Å². The van der Waals surface area contributed by atoms with Crippen molar-refractivity contribution in [2.45, 2.75) is 26.3 Å². The van der Waals surface area contributed by atoms with Crippen LogP contribution in [0.15, 0.2) is 24.3 Å². The molecule has 100 valence electrons. The van der Waals surface area contributed by atoms with E-state index < -0.39 is 0 Å². The minimum atomic E-state index is 0.0594. The number of benzene rings is 1. The highest BCUT2D eigenvalue weighted by Gasteiger charge is 2.07. The van der Waals surface area contributed by atoms with Crippen LogP contribution in [0.1, 0.15) is 25.3 Å². The van der Waals surface area contributed by atoms with Crippen LogP contribution in [0, 0.1) is 0 Å². The van der Waals surface area contributed by atoms with E-state index in [0.29, 0.717) is 13.1 Å². The quantitative estimate of drug-likeness (QED) is 0.720. The highest BCUT2D eigenvalue weighted by Crippen LogP contribution is 2.14. The molecule has 1 amide bonds. The number of nitrogens with one attached hydrogen (secondary N) is 1. The molecule has 0 radical (unpaired) electrons. The second-order valence-corrected chi connectivity index (χ2v) is 4.43. The van der Waals surface area contributed by atoms with Crippen LogP contribution in [0.2, 0.25) is 0 Å². The zero-order chi connectivity index (χ0) is 13.4. The number of hydrogen-bond donors (Lipinski definition) is 2. The van der Waals surface area contributed by atoms with Crippen molar-refractivity contribution in [3.63, 3.8) is 0 Å². The van der Waals surface area contributed by atoms with E-state index in [1.807, 2.05) is 36.2 Å². The molecule has 0 heterocycles. The van der Waals surface area contributed by atoms with Crippen LogP contribution in [0.25, 0.3) is 0 Å². The van der Waals surface area contributed by atoms with Gasteiger partial charge < -0.3 is 16.0 Å². The van der Waals surface area contributed by atoms with Crippen LogP contribution in [-0.4, -0.2) is 26.0 Å². The molecule has 0 saturated carbocycles. The van der Waals surface area contributed by atoms with Crippen LogP contribution in [0.4, 0.5) is 5.69 Å². The van der Waals surface area contributed by atoms with Crippen molar-refractivity contribution in [1.29, 1.82) is 0 Å². The third-order valence-corrected chi connectivity index (χ3v) is 2.82. The van der Waals surface area contributed by atoms with E-state index in [1.165, 1.54) is 0 Å². The Balaban J connectivity index is 2.48. The first-order chi connectivity index (χ1) is 8.67. The van der Waals surface area contributed by atoms with Gasteiger partial charge in [0.25, 0.3) is 0 Å². The predicted molar refractivity (Wildman–Crippen MR) is 75.5 cm³/mol. The minimum Gasteiger partial charge on any atom is -0.365 e. The summed E-state index contributed by atoms with van der Waals surface area (Å²) in [6.45, 7) is 3.75. The molecule has 3 N–H and O–H groups in total. The summed E-state index contributed by atoms with van der Waals surface area (Å²) in [5.41, 5.74) is 7.70. The fourth-order valence-electron chi connectivity index (χ4n) is 1.69. The molecule has 1 rings (SSSR count). The predicted octanol–water partition coefficient (Wildman–Crippen LogP) is 1.50. The van der Waals surface area contributed by atoms with Crippen molar-refractivity contribution in [2.75, 3.05) is 25.0 Å². The van der Waals surface area contributed by atoms with Gasteiger partial charge in [-0.15, -0.1) is 0 Å². The normalized spacial score (nSPS) is 10.2. The number of unbranched alkanes of at least 4 members (excludes halogenated alkanes) is 1. The summed E-state index contributed by atoms with van der Waals surface area (Å²) in [4.78, 5) is 13.6. The standard InChI is InChI=1S/C14H23N3O/c1-3-4-8-16-14(18)11-17(2)13-7-5-6-12(9-13)10-15/h5-7,9H,3-4,8,10-11,15H2,1-2H3,(H,16,18). The molecule has 0 aromatic heterocycles. The van der Waals surface area contributed by atoms with Gasteiger partial charge in [-0.2, -0.15) is 0 Å². The fourth-order valence-corrected chi connectivity index (χ4v) is 1.69. The molecule has 0 unspecified atom stereocenters. The molecule has 18 heavy (non-hydrogen) atoms. The second kappa shape index (κ2) is 7.71. The Kier molecular flexibility index (Phi) is 6.22. The van der Waals surface area contributed by atoms with Crippen LogP contribution in [-0.2, 0) is 11.3 Å². The van der Waals surface area contributed by atoms with E-state index in [-0.39, 0.29) is 5.91 Å². The topological polar surface area (TPSA) is 58.4 Å². The Bertz CT molecular complexity index is 379. The monoisotopic (exact) mass is 249 g/mol. The average Bonchev–Trinajstić information content (AvgIpc) is 2.39. The lowest BCUT2D eigenvalue weighted by Gasteiger charge is -2.19. The summed E-state index contributed by atoms with van der Waals surface area (Å²) in [5, 5.41) is 2.91. The third-order valence-electron chi connectivity index (χ3n) is 2.82. The number of anilines is 1. The Morgan fingerprint density at radius 3 is 2.89 bits per heavy atom. The van der Waals surface area contributed by atoms with Gasteiger partial charge >= 0.3 is 0 Å². The number of likely N-dealkylation sites (N-methyl/N-ethyl adjacent to an activating group) is 1. The van der Waals surface area contributed by atoms with Gasteiger partial charge in [-0.25, -0.2) is 0 Å². The van der Waals surface area contributed by atoms with E-state index >= 15 is 0 Å².